The largest absolute Gasteiger partial charge is 0.476 e. The minimum atomic E-state index is -0.531. The molecule has 0 aliphatic carbocycles. The normalized spacial score (nSPS) is 18.0. The summed E-state index contributed by atoms with van der Waals surface area (Å²) in [4.78, 5) is 17.0. The molecule has 0 saturated heterocycles. The number of para-hydroxylation sites is 2. The molecule has 2 aliphatic rings. The zero-order valence-electron chi connectivity index (χ0n) is 8.38. The molecule has 1 radical (unpaired) electrons. The predicted molar refractivity (Wildman–Crippen MR) is 58.4 cm³/mol. The summed E-state index contributed by atoms with van der Waals surface area (Å²) in [6.45, 7) is 0.315. The molecule has 0 saturated carbocycles. The number of aliphatic imine (C=N–C) groups is 1. The predicted octanol–water partition coefficient (Wildman–Crippen LogP) is 0.589. The molecule has 0 aromatic heterocycles. The lowest BCUT2D eigenvalue weighted by atomic mass is 10.2. The molecule has 5 nitrogen and oxygen atoms in total. The van der Waals surface area contributed by atoms with Crippen LogP contribution in [0.25, 0.3) is 0 Å². The molecule has 5 heteroatoms. The Hall–Kier alpha value is -2.14. The average molecular weight is 215 g/mol. The molecule has 1 amide bonds. The lowest BCUT2D eigenvalue weighted by Crippen LogP contribution is -2.29. The molecule has 1 aromatic rings. The number of fused-ring (bicyclic) bond motifs is 3. The Bertz CT molecular complexity index is 534. The van der Waals surface area contributed by atoms with Gasteiger partial charge < -0.3 is 10.5 Å². The van der Waals surface area contributed by atoms with Gasteiger partial charge in [-0.15, -0.1) is 0 Å². The number of amides is 1. The van der Waals surface area contributed by atoms with Gasteiger partial charge >= 0.3 is 0 Å². The van der Waals surface area contributed by atoms with Crippen molar-refractivity contribution in [2.45, 2.75) is 0 Å². The minimum absolute atomic E-state index is 0.273. The van der Waals surface area contributed by atoms with Gasteiger partial charge in [-0.1, -0.05) is 12.1 Å². The fraction of sp³-hybridized carbons (Fsp3) is 0.0909. The Kier molecular flexibility index (Phi) is 1.81. The van der Waals surface area contributed by atoms with E-state index in [-0.39, 0.29) is 5.70 Å². The number of primary amides is 1. The van der Waals surface area contributed by atoms with Crippen molar-refractivity contribution in [3.05, 3.63) is 35.7 Å². The van der Waals surface area contributed by atoms with Crippen LogP contribution < -0.4 is 15.4 Å². The molecule has 2 aliphatic heterocycles. The van der Waals surface area contributed by atoms with Crippen LogP contribution in [0, 0.1) is 0 Å². The van der Waals surface area contributed by atoms with Gasteiger partial charge in [0.1, 0.15) is 0 Å². The maximum Gasteiger partial charge on any atom is 0.273 e. The standard InChI is InChI=1S/C11H9N3O2/c12-11(15)10-8-5-16-9-4-2-1-3-7(9)14(8)6-13-10/h1-4,6H,5H2,(H2,12,15)/q+1. The summed E-state index contributed by atoms with van der Waals surface area (Å²) in [7, 11) is 0. The number of ether oxygens (including phenoxy) is 1. The molecular weight excluding hydrogens is 206 g/mol. The van der Waals surface area contributed by atoms with Crippen LogP contribution in [-0.4, -0.2) is 18.9 Å². The van der Waals surface area contributed by atoms with Crippen LogP contribution in [0.5, 0.6) is 5.75 Å². The number of anilines is 1. The van der Waals surface area contributed by atoms with E-state index in [2.05, 4.69) is 4.99 Å². The van der Waals surface area contributed by atoms with E-state index in [1.54, 1.807) is 6.34 Å². The van der Waals surface area contributed by atoms with Crippen LogP contribution in [-0.2, 0) is 4.79 Å². The van der Waals surface area contributed by atoms with E-state index in [0.29, 0.717) is 12.3 Å². The summed E-state index contributed by atoms with van der Waals surface area (Å²) in [5.74, 6) is 0.250. The Balaban J connectivity index is 2.13. The minimum Gasteiger partial charge on any atom is -0.476 e. The second kappa shape index (κ2) is 3.18. The van der Waals surface area contributed by atoms with Gasteiger partial charge in [0, 0.05) is 6.07 Å². The van der Waals surface area contributed by atoms with Crippen LogP contribution in [0.15, 0.2) is 40.7 Å². The number of nitrogens with two attached hydrogens (primary N) is 1. The van der Waals surface area contributed by atoms with E-state index in [1.807, 2.05) is 29.2 Å². The highest BCUT2D eigenvalue weighted by atomic mass is 16.5. The number of carbonyl (C=O) groups excluding carboxylic acids is 1. The third-order valence-electron chi connectivity index (χ3n) is 2.59. The molecule has 1 aromatic carbocycles. The van der Waals surface area contributed by atoms with Gasteiger partial charge in [0.05, 0.1) is 0 Å². The SMILES string of the molecule is NC(=O)C1=C2COc3ccccc3[N+]2C=N1. The first-order valence-electron chi connectivity index (χ1n) is 4.85. The zero-order valence-corrected chi connectivity index (χ0v) is 8.38. The number of benzene rings is 1. The quantitative estimate of drug-likeness (QED) is 0.696. The summed E-state index contributed by atoms with van der Waals surface area (Å²) >= 11 is 0. The third kappa shape index (κ3) is 1.15. The van der Waals surface area contributed by atoms with E-state index >= 15 is 0 Å². The molecule has 0 atom stereocenters. The monoisotopic (exact) mass is 215 g/mol. The van der Waals surface area contributed by atoms with Crippen molar-refractivity contribution in [3.8, 4) is 5.75 Å². The first kappa shape index (κ1) is 9.11. The molecule has 2 N–H and O–H groups in total. The van der Waals surface area contributed by atoms with Crippen molar-refractivity contribution in [1.29, 1.82) is 0 Å². The fourth-order valence-electron chi connectivity index (χ4n) is 1.85. The van der Waals surface area contributed by atoms with Gasteiger partial charge in [-0.3, -0.25) is 4.79 Å². The van der Waals surface area contributed by atoms with Crippen molar-refractivity contribution < 1.29 is 9.53 Å². The Morgan fingerprint density at radius 2 is 2.25 bits per heavy atom. The number of hydrogen-bond donors (Lipinski definition) is 1. The number of carbonyl (C=O) groups is 1. The van der Waals surface area contributed by atoms with Gasteiger partial charge in [0.15, 0.2) is 18.1 Å². The van der Waals surface area contributed by atoms with Gasteiger partial charge in [0.25, 0.3) is 12.2 Å². The number of nitrogens with zero attached hydrogens (tertiary/aromatic N) is 2. The second-order valence-electron chi connectivity index (χ2n) is 3.53. The molecule has 79 valence electrons. The van der Waals surface area contributed by atoms with E-state index in [4.69, 9.17) is 10.5 Å². The third-order valence-corrected chi connectivity index (χ3v) is 2.59. The Labute approximate surface area is 91.8 Å². The smallest absolute Gasteiger partial charge is 0.273 e. The van der Waals surface area contributed by atoms with Crippen molar-refractivity contribution in [1.82, 2.24) is 4.90 Å². The van der Waals surface area contributed by atoms with Crippen molar-refractivity contribution in [3.63, 3.8) is 0 Å². The lowest BCUT2D eigenvalue weighted by molar-refractivity contribution is -0.114. The molecule has 3 rings (SSSR count). The van der Waals surface area contributed by atoms with Crippen molar-refractivity contribution >= 4 is 17.9 Å². The van der Waals surface area contributed by atoms with Crippen LogP contribution in [0.2, 0.25) is 0 Å². The average Bonchev–Trinajstić information content (AvgIpc) is 2.73. The highest BCUT2D eigenvalue weighted by Gasteiger charge is 2.40. The van der Waals surface area contributed by atoms with Crippen LogP contribution in [0.1, 0.15) is 0 Å². The number of rotatable bonds is 1. The molecule has 0 fully saturated rings. The molecule has 0 bridgehead atoms. The van der Waals surface area contributed by atoms with E-state index in [0.717, 1.165) is 11.4 Å². The van der Waals surface area contributed by atoms with Gasteiger partial charge in [-0.25, -0.2) is 0 Å². The Morgan fingerprint density at radius 1 is 1.44 bits per heavy atom. The van der Waals surface area contributed by atoms with E-state index < -0.39 is 5.91 Å². The van der Waals surface area contributed by atoms with Crippen molar-refractivity contribution in [2.24, 2.45) is 10.7 Å². The molecular formula is C11H9N3O2+. The molecule has 0 unspecified atom stereocenters. The zero-order chi connectivity index (χ0) is 11.1. The first-order valence-corrected chi connectivity index (χ1v) is 4.85. The van der Waals surface area contributed by atoms with Gasteiger partial charge in [-0.2, -0.15) is 4.99 Å². The summed E-state index contributed by atoms with van der Waals surface area (Å²) in [6.07, 6.45) is 1.59. The van der Waals surface area contributed by atoms with E-state index in [9.17, 15) is 4.79 Å². The highest BCUT2D eigenvalue weighted by molar-refractivity contribution is 5.98. The van der Waals surface area contributed by atoms with Crippen LogP contribution in [0.3, 0.4) is 0 Å². The molecule has 2 heterocycles. The lowest BCUT2D eigenvalue weighted by Gasteiger charge is -2.16. The topological polar surface area (TPSA) is 70.6 Å². The summed E-state index contributed by atoms with van der Waals surface area (Å²) in [5.41, 5.74) is 7.08. The molecule has 0 spiro atoms. The van der Waals surface area contributed by atoms with Crippen LogP contribution >= 0.6 is 0 Å². The summed E-state index contributed by atoms with van der Waals surface area (Å²) in [6, 6.07) is 7.59. The number of hydrogen-bond acceptors (Lipinski definition) is 4. The first-order chi connectivity index (χ1) is 7.77. The van der Waals surface area contributed by atoms with Gasteiger partial charge in [0.2, 0.25) is 11.4 Å². The highest BCUT2D eigenvalue weighted by Crippen LogP contribution is 2.36. The maximum absolute atomic E-state index is 11.1. The molecule has 16 heavy (non-hydrogen) atoms. The van der Waals surface area contributed by atoms with Gasteiger partial charge in [-0.05, 0) is 11.0 Å². The summed E-state index contributed by atoms with van der Waals surface area (Å²) < 4.78 is 5.53. The Morgan fingerprint density at radius 3 is 3.06 bits per heavy atom. The van der Waals surface area contributed by atoms with E-state index in [1.165, 1.54) is 0 Å². The fourth-order valence-corrected chi connectivity index (χ4v) is 1.85. The van der Waals surface area contributed by atoms with Crippen LogP contribution in [0.4, 0.5) is 5.69 Å². The maximum atomic E-state index is 11.1. The summed E-state index contributed by atoms with van der Waals surface area (Å²) in [5, 5.41) is 0. The second-order valence-corrected chi connectivity index (χ2v) is 3.53. The van der Waals surface area contributed by atoms with Crippen molar-refractivity contribution in [2.75, 3.05) is 6.61 Å².